The van der Waals surface area contributed by atoms with Crippen molar-refractivity contribution in [3.8, 4) is 0 Å². The number of nitrogens with one attached hydrogen (secondary N) is 1. The van der Waals surface area contributed by atoms with E-state index >= 15 is 0 Å². The highest BCUT2D eigenvalue weighted by Crippen LogP contribution is 2.20. The molecule has 2 aromatic carbocycles. The van der Waals surface area contributed by atoms with Crippen molar-refractivity contribution in [3.63, 3.8) is 0 Å². The number of carbonyl (C=O) groups is 1. The summed E-state index contributed by atoms with van der Waals surface area (Å²) >= 11 is 0. The van der Waals surface area contributed by atoms with Crippen LogP contribution in [0.4, 0.5) is 5.69 Å². The highest BCUT2D eigenvalue weighted by Gasteiger charge is 2.12. The second-order valence-electron chi connectivity index (χ2n) is 5.50. The molecule has 0 radical (unpaired) electrons. The second-order valence-corrected chi connectivity index (χ2v) is 5.50. The van der Waals surface area contributed by atoms with Crippen LogP contribution >= 0.6 is 0 Å². The van der Waals surface area contributed by atoms with Gasteiger partial charge >= 0.3 is 0 Å². The van der Waals surface area contributed by atoms with Crippen molar-refractivity contribution in [3.05, 3.63) is 65.2 Å². The Hall–Kier alpha value is -2.29. The van der Waals surface area contributed by atoms with E-state index in [1.165, 1.54) is 0 Å². The van der Waals surface area contributed by atoms with Crippen LogP contribution in [0.3, 0.4) is 0 Å². The van der Waals surface area contributed by atoms with Gasteiger partial charge in [0.05, 0.1) is 6.04 Å². The van der Waals surface area contributed by atoms with Crippen molar-refractivity contribution in [1.82, 2.24) is 5.32 Å². The molecular formula is C18H22N2O. The van der Waals surface area contributed by atoms with Crippen molar-refractivity contribution in [1.29, 1.82) is 0 Å². The lowest BCUT2D eigenvalue weighted by Crippen LogP contribution is -2.26. The molecule has 110 valence electrons. The van der Waals surface area contributed by atoms with Crippen molar-refractivity contribution in [2.75, 3.05) is 19.0 Å². The van der Waals surface area contributed by atoms with E-state index in [-0.39, 0.29) is 11.9 Å². The van der Waals surface area contributed by atoms with Crippen LogP contribution in [0.25, 0.3) is 0 Å². The third-order valence-electron chi connectivity index (χ3n) is 3.59. The van der Waals surface area contributed by atoms with Gasteiger partial charge in [-0.15, -0.1) is 0 Å². The van der Waals surface area contributed by atoms with Crippen LogP contribution in [-0.2, 0) is 0 Å². The van der Waals surface area contributed by atoms with Gasteiger partial charge < -0.3 is 10.2 Å². The molecule has 0 aliphatic rings. The Morgan fingerprint density at radius 1 is 1.10 bits per heavy atom. The molecule has 3 heteroatoms. The molecule has 0 saturated carbocycles. The third kappa shape index (κ3) is 3.63. The maximum atomic E-state index is 12.3. The SMILES string of the molecule is Cc1cc(C(=O)NC(C)c2ccccc2)ccc1N(C)C. The first-order valence-electron chi connectivity index (χ1n) is 7.13. The topological polar surface area (TPSA) is 32.3 Å². The van der Waals surface area contributed by atoms with Gasteiger partial charge in [0.2, 0.25) is 0 Å². The van der Waals surface area contributed by atoms with Crippen LogP contribution in [0.5, 0.6) is 0 Å². The summed E-state index contributed by atoms with van der Waals surface area (Å²) in [5, 5.41) is 3.04. The normalized spacial score (nSPS) is 11.8. The van der Waals surface area contributed by atoms with Crippen LogP contribution in [0, 0.1) is 6.92 Å². The molecule has 0 fully saturated rings. The first-order chi connectivity index (χ1) is 9.99. The van der Waals surface area contributed by atoms with Crippen molar-refractivity contribution < 1.29 is 4.79 Å². The number of benzene rings is 2. The number of aryl methyl sites for hydroxylation is 1. The maximum absolute atomic E-state index is 12.3. The van der Waals surface area contributed by atoms with Gasteiger partial charge in [-0.3, -0.25) is 4.79 Å². The molecule has 2 aromatic rings. The summed E-state index contributed by atoms with van der Waals surface area (Å²) in [5.41, 5.74) is 4.02. The largest absolute Gasteiger partial charge is 0.377 e. The zero-order chi connectivity index (χ0) is 15.4. The third-order valence-corrected chi connectivity index (χ3v) is 3.59. The van der Waals surface area contributed by atoms with E-state index < -0.39 is 0 Å². The molecule has 0 aliphatic carbocycles. The summed E-state index contributed by atoms with van der Waals surface area (Å²) in [4.78, 5) is 14.4. The maximum Gasteiger partial charge on any atom is 0.251 e. The first kappa shape index (κ1) is 15.1. The van der Waals surface area contributed by atoms with E-state index in [2.05, 4.69) is 5.32 Å². The lowest BCUT2D eigenvalue weighted by molar-refractivity contribution is 0.0940. The van der Waals surface area contributed by atoms with Gasteiger partial charge in [-0.05, 0) is 43.2 Å². The van der Waals surface area contributed by atoms with Crippen LogP contribution in [0.15, 0.2) is 48.5 Å². The molecule has 0 aliphatic heterocycles. The Kier molecular flexibility index (Phi) is 4.63. The van der Waals surface area contributed by atoms with Crippen LogP contribution in [-0.4, -0.2) is 20.0 Å². The van der Waals surface area contributed by atoms with Gasteiger partial charge in [-0.1, -0.05) is 30.3 Å². The van der Waals surface area contributed by atoms with Gasteiger partial charge in [0.15, 0.2) is 0 Å². The Morgan fingerprint density at radius 3 is 2.33 bits per heavy atom. The zero-order valence-electron chi connectivity index (χ0n) is 13.1. The smallest absolute Gasteiger partial charge is 0.251 e. The van der Waals surface area contributed by atoms with E-state index in [0.717, 1.165) is 16.8 Å². The summed E-state index contributed by atoms with van der Waals surface area (Å²) in [7, 11) is 4.00. The average Bonchev–Trinajstić information content (AvgIpc) is 2.47. The quantitative estimate of drug-likeness (QED) is 0.930. The predicted octanol–water partition coefficient (Wildman–Crippen LogP) is 3.55. The summed E-state index contributed by atoms with van der Waals surface area (Å²) in [5.74, 6) is -0.0419. The van der Waals surface area contributed by atoms with E-state index in [9.17, 15) is 4.79 Å². The number of nitrogens with zero attached hydrogens (tertiary/aromatic N) is 1. The molecule has 21 heavy (non-hydrogen) atoms. The van der Waals surface area contributed by atoms with Gasteiger partial charge in [0, 0.05) is 25.3 Å². The molecule has 0 bridgehead atoms. The number of hydrogen-bond acceptors (Lipinski definition) is 2. The fourth-order valence-corrected chi connectivity index (χ4v) is 2.40. The predicted molar refractivity (Wildman–Crippen MR) is 87.8 cm³/mol. The monoisotopic (exact) mass is 282 g/mol. The Balaban J connectivity index is 2.12. The summed E-state index contributed by atoms with van der Waals surface area (Å²) in [6, 6.07) is 15.8. The van der Waals surface area contributed by atoms with E-state index in [4.69, 9.17) is 0 Å². The highest BCUT2D eigenvalue weighted by molar-refractivity contribution is 5.95. The van der Waals surface area contributed by atoms with Crippen molar-refractivity contribution >= 4 is 11.6 Å². The number of anilines is 1. The number of hydrogen-bond donors (Lipinski definition) is 1. The van der Waals surface area contributed by atoms with E-state index in [1.54, 1.807) is 0 Å². The van der Waals surface area contributed by atoms with Crippen molar-refractivity contribution in [2.45, 2.75) is 19.9 Å². The zero-order valence-corrected chi connectivity index (χ0v) is 13.1. The van der Waals surface area contributed by atoms with E-state index in [1.807, 2.05) is 81.4 Å². The molecule has 0 spiro atoms. The number of carbonyl (C=O) groups excluding carboxylic acids is 1. The Bertz CT molecular complexity index is 620. The highest BCUT2D eigenvalue weighted by atomic mass is 16.1. The standard InChI is InChI=1S/C18H22N2O/c1-13-12-16(10-11-17(13)20(3)4)18(21)19-14(2)15-8-6-5-7-9-15/h5-12,14H,1-4H3,(H,19,21). The molecule has 0 saturated heterocycles. The van der Waals surface area contributed by atoms with Gasteiger partial charge in [-0.2, -0.15) is 0 Å². The molecule has 3 nitrogen and oxygen atoms in total. The minimum atomic E-state index is -0.0419. The molecule has 0 aromatic heterocycles. The summed E-state index contributed by atoms with van der Waals surface area (Å²) in [6.07, 6.45) is 0. The lowest BCUT2D eigenvalue weighted by atomic mass is 10.1. The number of amides is 1. The molecule has 2 rings (SSSR count). The second kappa shape index (κ2) is 6.44. The fraction of sp³-hybridized carbons (Fsp3) is 0.278. The lowest BCUT2D eigenvalue weighted by Gasteiger charge is -2.18. The molecule has 1 unspecified atom stereocenters. The molecular weight excluding hydrogens is 260 g/mol. The van der Waals surface area contributed by atoms with Crippen LogP contribution in [0.2, 0.25) is 0 Å². The Labute approximate surface area is 126 Å². The minimum Gasteiger partial charge on any atom is -0.377 e. The first-order valence-corrected chi connectivity index (χ1v) is 7.13. The average molecular weight is 282 g/mol. The molecule has 1 atom stereocenters. The van der Waals surface area contributed by atoms with E-state index in [0.29, 0.717) is 5.56 Å². The summed E-state index contributed by atoms with van der Waals surface area (Å²) in [6.45, 7) is 4.01. The van der Waals surface area contributed by atoms with Crippen LogP contribution < -0.4 is 10.2 Å². The molecule has 1 N–H and O–H groups in total. The Morgan fingerprint density at radius 2 is 1.76 bits per heavy atom. The van der Waals surface area contributed by atoms with Gasteiger partial charge in [-0.25, -0.2) is 0 Å². The molecule has 0 heterocycles. The molecule has 1 amide bonds. The van der Waals surface area contributed by atoms with Gasteiger partial charge in [0.25, 0.3) is 5.91 Å². The fourth-order valence-electron chi connectivity index (χ4n) is 2.40. The van der Waals surface area contributed by atoms with Crippen LogP contribution in [0.1, 0.15) is 34.5 Å². The minimum absolute atomic E-state index is 0.00692. The van der Waals surface area contributed by atoms with Crippen molar-refractivity contribution in [2.24, 2.45) is 0 Å². The number of rotatable bonds is 4. The van der Waals surface area contributed by atoms with Gasteiger partial charge in [0.1, 0.15) is 0 Å². The summed E-state index contributed by atoms with van der Waals surface area (Å²) < 4.78 is 0.